The summed E-state index contributed by atoms with van der Waals surface area (Å²) in [5.74, 6) is -0.655. The molecule has 0 saturated heterocycles. The first kappa shape index (κ1) is 13.1. The van der Waals surface area contributed by atoms with E-state index in [0.717, 1.165) is 6.08 Å². The van der Waals surface area contributed by atoms with Gasteiger partial charge in [0.2, 0.25) is 0 Å². The lowest BCUT2D eigenvalue weighted by atomic mass is 9.85. The van der Waals surface area contributed by atoms with Crippen molar-refractivity contribution in [1.29, 1.82) is 0 Å². The Morgan fingerprint density at radius 2 is 1.86 bits per heavy atom. The van der Waals surface area contributed by atoms with Crippen LogP contribution in [0.4, 0.5) is 0 Å². The highest BCUT2D eigenvalue weighted by atomic mass is 16.5. The zero-order valence-corrected chi connectivity index (χ0v) is 8.14. The molecule has 3 N–H and O–H groups in total. The van der Waals surface area contributed by atoms with Gasteiger partial charge in [0.1, 0.15) is 6.10 Å². The Kier molecular flexibility index (Phi) is 5.37. The average molecular weight is 204 g/mol. The summed E-state index contributed by atoms with van der Waals surface area (Å²) in [7, 11) is 0. The van der Waals surface area contributed by atoms with Gasteiger partial charge in [-0.3, -0.25) is 0 Å². The number of hydrogen-bond acceptors (Lipinski definition) is 5. The van der Waals surface area contributed by atoms with Gasteiger partial charge in [-0.25, -0.2) is 4.79 Å². The van der Waals surface area contributed by atoms with Gasteiger partial charge in [-0.2, -0.15) is 0 Å². The average Bonchev–Trinajstić information content (AvgIpc) is 2.21. The molecule has 0 radical (unpaired) electrons. The molecule has 0 bridgehead atoms. The maximum atomic E-state index is 10.8. The molecule has 0 fully saturated rings. The number of carbonyl (C=O) groups excluding carboxylic acids is 1. The van der Waals surface area contributed by atoms with Crippen molar-refractivity contribution in [1.82, 2.24) is 0 Å². The minimum Gasteiger partial charge on any atom is -0.459 e. The SMILES string of the molecule is C=CC(=O)OC(C)C(CO)(CO)CO. The maximum absolute atomic E-state index is 10.8. The number of rotatable bonds is 6. The monoisotopic (exact) mass is 204 g/mol. The van der Waals surface area contributed by atoms with Gasteiger partial charge in [-0.05, 0) is 6.92 Å². The van der Waals surface area contributed by atoms with E-state index < -0.39 is 37.3 Å². The van der Waals surface area contributed by atoms with Gasteiger partial charge in [0, 0.05) is 6.08 Å². The Hall–Kier alpha value is -0.910. The molecule has 14 heavy (non-hydrogen) atoms. The summed E-state index contributed by atoms with van der Waals surface area (Å²) >= 11 is 0. The van der Waals surface area contributed by atoms with Crippen LogP contribution in [0.1, 0.15) is 6.92 Å². The van der Waals surface area contributed by atoms with Crippen LogP contribution in [-0.4, -0.2) is 47.2 Å². The summed E-state index contributed by atoms with van der Waals surface area (Å²) in [6.07, 6.45) is 0.195. The molecule has 0 amide bonds. The molecule has 0 saturated carbocycles. The Morgan fingerprint density at radius 1 is 1.43 bits per heavy atom. The molecule has 1 atom stereocenters. The minimum absolute atomic E-state index is 0.467. The topological polar surface area (TPSA) is 87.0 Å². The van der Waals surface area contributed by atoms with Gasteiger partial charge in [0.15, 0.2) is 0 Å². The zero-order valence-electron chi connectivity index (χ0n) is 8.14. The third-order valence-electron chi connectivity index (χ3n) is 2.27. The number of hydrogen-bond donors (Lipinski definition) is 3. The van der Waals surface area contributed by atoms with Crippen LogP contribution in [0.15, 0.2) is 12.7 Å². The normalized spacial score (nSPS) is 13.4. The summed E-state index contributed by atoms with van der Waals surface area (Å²) in [4.78, 5) is 10.8. The molecule has 0 aromatic carbocycles. The molecule has 0 aromatic heterocycles. The van der Waals surface area contributed by atoms with Crippen molar-refractivity contribution in [2.75, 3.05) is 19.8 Å². The molecule has 5 nitrogen and oxygen atoms in total. The second-order valence-electron chi connectivity index (χ2n) is 3.12. The van der Waals surface area contributed by atoms with E-state index in [9.17, 15) is 4.79 Å². The van der Waals surface area contributed by atoms with Crippen molar-refractivity contribution in [2.45, 2.75) is 13.0 Å². The zero-order chi connectivity index (χ0) is 11.2. The fourth-order valence-corrected chi connectivity index (χ4v) is 0.883. The van der Waals surface area contributed by atoms with Gasteiger partial charge in [0.05, 0.1) is 25.2 Å². The predicted molar refractivity (Wildman–Crippen MR) is 49.4 cm³/mol. The molecule has 82 valence electrons. The van der Waals surface area contributed by atoms with Crippen LogP contribution in [0.25, 0.3) is 0 Å². The number of esters is 1. The second kappa shape index (κ2) is 5.74. The van der Waals surface area contributed by atoms with Crippen LogP contribution < -0.4 is 0 Å². The third kappa shape index (κ3) is 2.80. The van der Waals surface area contributed by atoms with Crippen molar-refractivity contribution in [2.24, 2.45) is 5.41 Å². The molecular formula is C9H16O5. The summed E-state index contributed by atoms with van der Waals surface area (Å²) in [5.41, 5.74) is -1.21. The van der Waals surface area contributed by atoms with E-state index in [4.69, 9.17) is 20.1 Å². The minimum atomic E-state index is -1.21. The maximum Gasteiger partial charge on any atom is 0.330 e. The lowest BCUT2D eigenvalue weighted by molar-refractivity contribution is -0.157. The number of carbonyl (C=O) groups is 1. The Labute approximate surface area is 82.6 Å². The number of aliphatic hydroxyl groups excluding tert-OH is 3. The predicted octanol–water partition coefficient (Wildman–Crippen LogP) is -0.933. The third-order valence-corrected chi connectivity index (χ3v) is 2.27. The van der Waals surface area contributed by atoms with E-state index >= 15 is 0 Å². The summed E-state index contributed by atoms with van der Waals surface area (Å²) in [6.45, 7) is 3.30. The first-order chi connectivity index (χ1) is 6.56. The van der Waals surface area contributed by atoms with Gasteiger partial charge < -0.3 is 20.1 Å². The molecule has 0 heterocycles. The van der Waals surface area contributed by atoms with E-state index in [1.54, 1.807) is 0 Å². The molecule has 0 aromatic rings. The van der Waals surface area contributed by atoms with Crippen molar-refractivity contribution < 1.29 is 24.9 Å². The number of ether oxygens (including phenoxy) is 1. The lowest BCUT2D eigenvalue weighted by Crippen LogP contribution is -2.45. The van der Waals surface area contributed by atoms with E-state index in [-0.39, 0.29) is 0 Å². The van der Waals surface area contributed by atoms with Crippen molar-refractivity contribution in [3.63, 3.8) is 0 Å². The smallest absolute Gasteiger partial charge is 0.330 e. The van der Waals surface area contributed by atoms with Gasteiger partial charge in [0.25, 0.3) is 0 Å². The fourth-order valence-electron chi connectivity index (χ4n) is 0.883. The van der Waals surface area contributed by atoms with Crippen LogP contribution in [0.2, 0.25) is 0 Å². The van der Waals surface area contributed by atoms with E-state index in [1.807, 2.05) is 0 Å². The highest BCUT2D eigenvalue weighted by Crippen LogP contribution is 2.22. The van der Waals surface area contributed by atoms with Crippen molar-refractivity contribution >= 4 is 5.97 Å². The highest BCUT2D eigenvalue weighted by Gasteiger charge is 2.37. The second-order valence-corrected chi connectivity index (χ2v) is 3.12. The molecule has 0 spiro atoms. The van der Waals surface area contributed by atoms with Gasteiger partial charge in [-0.1, -0.05) is 6.58 Å². The molecule has 1 unspecified atom stereocenters. The quantitative estimate of drug-likeness (QED) is 0.384. The largest absolute Gasteiger partial charge is 0.459 e. The first-order valence-electron chi connectivity index (χ1n) is 4.22. The Bertz CT molecular complexity index is 189. The lowest BCUT2D eigenvalue weighted by Gasteiger charge is -2.32. The molecule has 0 aliphatic heterocycles. The van der Waals surface area contributed by atoms with Crippen molar-refractivity contribution in [3.8, 4) is 0 Å². The van der Waals surface area contributed by atoms with Crippen LogP contribution in [0, 0.1) is 5.41 Å². The molecule has 0 aliphatic carbocycles. The van der Waals surface area contributed by atoms with Crippen molar-refractivity contribution in [3.05, 3.63) is 12.7 Å². The molecule has 0 rings (SSSR count). The van der Waals surface area contributed by atoms with E-state index in [0.29, 0.717) is 0 Å². The molecule has 0 aliphatic rings. The first-order valence-corrected chi connectivity index (χ1v) is 4.22. The van der Waals surface area contributed by atoms with Crippen LogP contribution in [0.3, 0.4) is 0 Å². The van der Waals surface area contributed by atoms with Gasteiger partial charge >= 0.3 is 5.97 Å². The molecular weight excluding hydrogens is 188 g/mol. The van der Waals surface area contributed by atoms with Gasteiger partial charge in [-0.15, -0.1) is 0 Å². The summed E-state index contributed by atoms with van der Waals surface area (Å²) in [5, 5.41) is 27.0. The van der Waals surface area contributed by atoms with Crippen LogP contribution in [0.5, 0.6) is 0 Å². The van der Waals surface area contributed by atoms with Crippen LogP contribution >= 0.6 is 0 Å². The standard InChI is InChI=1S/C9H16O5/c1-3-8(13)14-7(2)9(4-10,5-11)6-12/h3,7,10-12H,1,4-6H2,2H3. The Morgan fingerprint density at radius 3 is 2.14 bits per heavy atom. The highest BCUT2D eigenvalue weighted by molar-refractivity contribution is 5.81. The summed E-state index contributed by atoms with van der Waals surface area (Å²) in [6, 6.07) is 0. The van der Waals surface area contributed by atoms with E-state index in [1.165, 1.54) is 6.92 Å². The van der Waals surface area contributed by atoms with E-state index in [2.05, 4.69) is 6.58 Å². The molecule has 5 heteroatoms. The van der Waals surface area contributed by atoms with Crippen LogP contribution in [-0.2, 0) is 9.53 Å². The Balaban J connectivity index is 4.50. The fraction of sp³-hybridized carbons (Fsp3) is 0.667. The number of aliphatic hydroxyl groups is 3. The summed E-state index contributed by atoms with van der Waals surface area (Å²) < 4.78 is 4.80.